The predicted molar refractivity (Wildman–Crippen MR) is 137 cm³/mol. The van der Waals surface area contributed by atoms with Gasteiger partial charge in [0, 0.05) is 55.7 Å². The second kappa shape index (κ2) is 10.8. The summed E-state index contributed by atoms with van der Waals surface area (Å²) in [5.41, 5.74) is 17.2. The number of piperidine rings is 1. The molecule has 1 fully saturated rings. The number of aromatic nitrogens is 1. The fourth-order valence-electron chi connectivity index (χ4n) is 5.21. The first kappa shape index (κ1) is 26.4. The second-order valence-corrected chi connectivity index (χ2v) is 9.73. The minimum absolute atomic E-state index is 0.0114. The smallest absolute Gasteiger partial charge is 0.341 e. The first-order valence-corrected chi connectivity index (χ1v) is 12.5. The topological polar surface area (TPSA) is 179 Å². The summed E-state index contributed by atoms with van der Waals surface area (Å²) in [6.07, 6.45) is 4.25. The van der Waals surface area contributed by atoms with Crippen LogP contribution in [0.2, 0.25) is 0 Å². The molecule has 4 rings (SSSR count). The number of nitrogens with zero attached hydrogens (tertiary/aromatic N) is 3. The van der Waals surface area contributed by atoms with Crippen molar-refractivity contribution in [3.63, 3.8) is 0 Å². The Hall–Kier alpha value is -3.67. The van der Waals surface area contributed by atoms with Crippen molar-refractivity contribution < 1.29 is 23.8 Å². The number of anilines is 1. The van der Waals surface area contributed by atoms with Crippen LogP contribution >= 0.6 is 0 Å². The molecule has 11 nitrogen and oxygen atoms in total. The summed E-state index contributed by atoms with van der Waals surface area (Å²) in [5.74, 6) is -2.38. The van der Waals surface area contributed by atoms with Crippen LogP contribution in [0, 0.1) is 5.82 Å². The third kappa shape index (κ3) is 5.38. The van der Waals surface area contributed by atoms with Gasteiger partial charge in [0.2, 0.25) is 5.43 Å². The normalized spacial score (nSPS) is 18.5. The first-order chi connectivity index (χ1) is 17.6. The molecular formula is C25H33FN6O5. The van der Waals surface area contributed by atoms with E-state index in [0.717, 1.165) is 6.07 Å². The van der Waals surface area contributed by atoms with E-state index in [-0.39, 0.29) is 29.1 Å². The van der Waals surface area contributed by atoms with E-state index in [1.165, 1.54) is 6.20 Å². The number of pyridine rings is 1. The molecule has 200 valence electrons. The van der Waals surface area contributed by atoms with E-state index in [4.69, 9.17) is 21.9 Å². The Labute approximate surface area is 213 Å². The summed E-state index contributed by atoms with van der Waals surface area (Å²) in [4.78, 5) is 42.6. The summed E-state index contributed by atoms with van der Waals surface area (Å²) >= 11 is 0. The van der Waals surface area contributed by atoms with E-state index in [1.807, 2.05) is 11.8 Å². The molecule has 1 aromatic heterocycles. The number of benzene rings is 1. The Morgan fingerprint density at radius 3 is 2.62 bits per heavy atom. The molecule has 0 aliphatic carbocycles. The Bertz CT molecular complexity index is 1300. The van der Waals surface area contributed by atoms with Crippen LogP contribution in [-0.4, -0.2) is 59.4 Å². The quantitative estimate of drug-likeness (QED) is 0.174. The Morgan fingerprint density at radius 2 is 1.97 bits per heavy atom. The summed E-state index contributed by atoms with van der Waals surface area (Å²) in [5, 5.41) is 9.55. The third-order valence-corrected chi connectivity index (χ3v) is 7.17. The molecule has 1 unspecified atom stereocenters. The number of aliphatic imine (C=N–C) groups is 1. The van der Waals surface area contributed by atoms with E-state index in [9.17, 15) is 19.5 Å². The molecule has 2 atom stereocenters. The molecule has 0 bridgehead atoms. The van der Waals surface area contributed by atoms with Crippen LogP contribution in [0.25, 0.3) is 10.9 Å². The van der Waals surface area contributed by atoms with Gasteiger partial charge < -0.3 is 36.5 Å². The SMILES string of the molecule is C[C@H]1CCc2c(N3CCC(OC(=O)C(N)CCCN=C(N)N)CC3)c(F)cc3c(=O)c(C(=O)O)cn1c23. The Morgan fingerprint density at radius 1 is 1.27 bits per heavy atom. The Balaban J connectivity index is 1.49. The number of halogens is 1. The van der Waals surface area contributed by atoms with Crippen molar-refractivity contribution in [2.75, 3.05) is 24.5 Å². The maximum atomic E-state index is 15.5. The summed E-state index contributed by atoms with van der Waals surface area (Å²) < 4.78 is 22.8. The molecule has 37 heavy (non-hydrogen) atoms. The minimum Gasteiger partial charge on any atom is -0.477 e. The average Bonchev–Trinajstić information content (AvgIpc) is 2.85. The van der Waals surface area contributed by atoms with E-state index in [0.29, 0.717) is 74.9 Å². The molecule has 3 heterocycles. The zero-order valence-electron chi connectivity index (χ0n) is 20.8. The van der Waals surface area contributed by atoms with Gasteiger partial charge in [0.05, 0.1) is 11.2 Å². The number of hydrogen-bond donors (Lipinski definition) is 4. The van der Waals surface area contributed by atoms with Gasteiger partial charge in [-0.05, 0) is 38.7 Å². The van der Waals surface area contributed by atoms with Crippen LogP contribution in [0.3, 0.4) is 0 Å². The number of aryl methyl sites for hydroxylation is 1. The largest absolute Gasteiger partial charge is 0.477 e. The number of esters is 1. The third-order valence-electron chi connectivity index (χ3n) is 7.17. The first-order valence-electron chi connectivity index (χ1n) is 12.5. The number of carbonyl (C=O) groups is 2. The van der Waals surface area contributed by atoms with Crippen molar-refractivity contribution in [2.24, 2.45) is 22.2 Å². The molecular weight excluding hydrogens is 483 g/mol. The van der Waals surface area contributed by atoms with Crippen molar-refractivity contribution >= 4 is 34.5 Å². The number of aromatic carboxylic acids is 1. The summed E-state index contributed by atoms with van der Waals surface area (Å²) in [7, 11) is 0. The van der Waals surface area contributed by atoms with Gasteiger partial charge in [0.25, 0.3) is 0 Å². The van der Waals surface area contributed by atoms with Gasteiger partial charge in [-0.1, -0.05) is 0 Å². The number of ether oxygens (including phenoxy) is 1. The van der Waals surface area contributed by atoms with Gasteiger partial charge in [-0.15, -0.1) is 0 Å². The van der Waals surface area contributed by atoms with Crippen LogP contribution in [0.5, 0.6) is 0 Å². The molecule has 12 heteroatoms. The second-order valence-electron chi connectivity index (χ2n) is 9.73. The van der Waals surface area contributed by atoms with Crippen LogP contribution in [0.1, 0.15) is 61.0 Å². The van der Waals surface area contributed by atoms with Crippen molar-refractivity contribution in [3.05, 3.63) is 39.4 Å². The fourth-order valence-corrected chi connectivity index (χ4v) is 5.21. The van der Waals surface area contributed by atoms with Gasteiger partial charge in [0.1, 0.15) is 23.5 Å². The molecule has 1 saturated heterocycles. The number of carboxylic acids is 1. The van der Waals surface area contributed by atoms with Crippen molar-refractivity contribution in [3.8, 4) is 0 Å². The molecule has 7 N–H and O–H groups in total. The number of carboxylic acid groups (broad SMARTS) is 1. The molecule has 0 spiro atoms. The van der Waals surface area contributed by atoms with Gasteiger partial charge in [-0.2, -0.15) is 0 Å². The number of guanidine groups is 1. The zero-order chi connectivity index (χ0) is 26.9. The van der Waals surface area contributed by atoms with Gasteiger partial charge in [0.15, 0.2) is 5.96 Å². The molecule has 0 radical (unpaired) electrons. The van der Waals surface area contributed by atoms with E-state index >= 15 is 4.39 Å². The number of rotatable bonds is 8. The summed E-state index contributed by atoms with van der Waals surface area (Å²) in [6, 6.07) is 0.357. The molecule has 1 aromatic carbocycles. The average molecular weight is 517 g/mol. The monoisotopic (exact) mass is 516 g/mol. The standard InChI is InChI=1S/C25H33FN6O5/c1-13-4-5-15-20-16(22(33)17(23(34)35)12-32(13)20)11-18(26)21(15)31-9-6-14(7-10-31)37-24(36)19(27)3-2-8-30-25(28)29/h11-14,19H,2-10,27H2,1H3,(H,34,35)(H4,28,29,30)/t13-,19?/m0/s1. The maximum Gasteiger partial charge on any atom is 0.341 e. The fraction of sp³-hybridized carbons (Fsp3) is 0.520. The maximum absolute atomic E-state index is 15.5. The summed E-state index contributed by atoms with van der Waals surface area (Å²) in [6.45, 7) is 3.25. The van der Waals surface area contributed by atoms with Gasteiger partial charge >= 0.3 is 11.9 Å². The molecule has 0 saturated carbocycles. The zero-order valence-corrected chi connectivity index (χ0v) is 20.8. The van der Waals surface area contributed by atoms with Crippen LogP contribution in [-0.2, 0) is 16.0 Å². The molecule has 2 aromatic rings. The minimum atomic E-state index is -1.33. The lowest BCUT2D eigenvalue weighted by Crippen LogP contribution is -2.42. The number of hydrogen-bond acceptors (Lipinski definition) is 7. The lowest BCUT2D eigenvalue weighted by molar-refractivity contribution is -0.151. The van der Waals surface area contributed by atoms with Gasteiger partial charge in [-0.3, -0.25) is 14.6 Å². The van der Waals surface area contributed by atoms with Crippen LogP contribution in [0.4, 0.5) is 10.1 Å². The van der Waals surface area contributed by atoms with Crippen molar-refractivity contribution in [2.45, 2.75) is 63.6 Å². The van der Waals surface area contributed by atoms with Crippen molar-refractivity contribution in [1.82, 2.24) is 4.57 Å². The highest BCUT2D eigenvalue weighted by molar-refractivity contribution is 5.95. The number of nitrogens with two attached hydrogens (primary N) is 3. The predicted octanol–water partition coefficient (Wildman–Crippen LogP) is 1.24. The molecule has 2 aliphatic heterocycles. The Kier molecular flexibility index (Phi) is 7.67. The van der Waals surface area contributed by atoms with Crippen LogP contribution in [0.15, 0.2) is 22.1 Å². The highest BCUT2D eigenvalue weighted by Gasteiger charge is 2.31. The highest BCUT2D eigenvalue weighted by atomic mass is 19.1. The highest BCUT2D eigenvalue weighted by Crippen LogP contribution is 2.39. The molecule has 2 aliphatic rings. The number of carbonyl (C=O) groups excluding carboxylic acids is 1. The van der Waals surface area contributed by atoms with E-state index in [2.05, 4.69) is 4.99 Å². The van der Waals surface area contributed by atoms with Crippen molar-refractivity contribution in [1.29, 1.82) is 0 Å². The lowest BCUT2D eigenvalue weighted by atomic mass is 9.93. The lowest BCUT2D eigenvalue weighted by Gasteiger charge is -2.37. The van der Waals surface area contributed by atoms with Gasteiger partial charge in [-0.25, -0.2) is 9.18 Å². The van der Waals surface area contributed by atoms with Crippen LogP contribution < -0.4 is 27.5 Å². The van der Waals surface area contributed by atoms with E-state index in [1.54, 1.807) is 4.57 Å². The van der Waals surface area contributed by atoms with E-state index < -0.39 is 29.2 Å². The molecule has 0 amide bonds.